The van der Waals surface area contributed by atoms with Gasteiger partial charge in [-0.1, -0.05) is 6.58 Å². The molecule has 0 aromatic heterocycles. The number of rotatable bonds is 3. The van der Waals surface area contributed by atoms with E-state index in [1.807, 2.05) is 0 Å². The second-order valence-corrected chi connectivity index (χ2v) is 1.24. The van der Waals surface area contributed by atoms with Gasteiger partial charge in [0, 0.05) is 6.08 Å². The summed E-state index contributed by atoms with van der Waals surface area (Å²) >= 11 is 0. The number of hydrogen-bond acceptors (Lipinski definition) is 4. The summed E-state index contributed by atoms with van der Waals surface area (Å²) in [7, 11) is 0. The van der Waals surface area contributed by atoms with Gasteiger partial charge in [0.25, 0.3) is 0 Å². The van der Waals surface area contributed by atoms with E-state index in [4.69, 9.17) is 4.79 Å². The molecule has 0 fully saturated rings. The van der Waals surface area contributed by atoms with Gasteiger partial charge in [0.1, 0.15) is 0 Å². The lowest BCUT2D eigenvalue weighted by atomic mass is 10.6. The molecular weight excluding hydrogens is 148 g/mol. The number of nitrogens with two attached hydrogens (primary N) is 1. The number of ether oxygens (including phenoxy) is 1. The minimum atomic E-state index is -0.359. The van der Waals surface area contributed by atoms with Crippen molar-refractivity contribution in [2.45, 2.75) is 6.92 Å². The van der Waals surface area contributed by atoms with Crippen molar-refractivity contribution in [2.75, 3.05) is 6.61 Å². The largest absolute Gasteiger partial charge is 0.463 e. The summed E-state index contributed by atoms with van der Waals surface area (Å²) in [5, 5.41) is 0. The quantitative estimate of drug-likeness (QED) is 0.143. The van der Waals surface area contributed by atoms with Gasteiger partial charge < -0.3 is 4.74 Å². The van der Waals surface area contributed by atoms with Crippen molar-refractivity contribution in [2.24, 2.45) is 5.84 Å². The number of hydrogen-bond donors (Lipinski definition) is 2. The molecular formula is C6H12N2O3. The van der Waals surface area contributed by atoms with Gasteiger partial charge in [-0.15, -0.1) is 0 Å². The first kappa shape index (κ1) is 12.3. The highest BCUT2D eigenvalue weighted by Crippen LogP contribution is 1.74. The number of hydrazine groups is 1. The zero-order chi connectivity index (χ0) is 9.11. The zero-order valence-electron chi connectivity index (χ0n) is 6.37. The Bertz CT molecular complexity index is 125. The molecule has 0 atom stereocenters. The van der Waals surface area contributed by atoms with Crippen molar-refractivity contribution < 1.29 is 14.3 Å². The van der Waals surface area contributed by atoms with Crippen molar-refractivity contribution in [3.05, 3.63) is 12.7 Å². The molecule has 0 aromatic carbocycles. The summed E-state index contributed by atoms with van der Waals surface area (Å²) in [6.07, 6.45) is 1.55. The molecule has 3 N–H and O–H groups in total. The highest BCUT2D eigenvalue weighted by molar-refractivity contribution is 5.81. The lowest BCUT2D eigenvalue weighted by molar-refractivity contribution is -0.137. The Labute approximate surface area is 65.2 Å². The first-order chi connectivity index (χ1) is 5.22. The monoisotopic (exact) mass is 160 g/mol. The molecule has 0 aliphatic heterocycles. The molecule has 64 valence electrons. The average Bonchev–Trinajstić information content (AvgIpc) is 2.05. The Hall–Kier alpha value is -1.36. The lowest BCUT2D eigenvalue weighted by Crippen LogP contribution is -2.18. The minimum Gasteiger partial charge on any atom is -0.463 e. The summed E-state index contributed by atoms with van der Waals surface area (Å²) in [5.41, 5.74) is 1.75. The average molecular weight is 160 g/mol. The summed E-state index contributed by atoms with van der Waals surface area (Å²) in [6, 6.07) is 0. The third-order valence-corrected chi connectivity index (χ3v) is 0.521. The van der Waals surface area contributed by atoms with Gasteiger partial charge in [0.05, 0.1) is 6.61 Å². The predicted octanol–water partition coefficient (Wildman–Crippen LogP) is -0.658. The van der Waals surface area contributed by atoms with Gasteiger partial charge in [-0.05, 0) is 6.92 Å². The zero-order valence-corrected chi connectivity index (χ0v) is 6.37. The van der Waals surface area contributed by atoms with Gasteiger partial charge in [-0.3, -0.25) is 10.2 Å². The molecule has 11 heavy (non-hydrogen) atoms. The lowest BCUT2D eigenvalue weighted by Gasteiger charge is -1.90. The Balaban J connectivity index is 0. The molecule has 0 aliphatic carbocycles. The molecule has 0 aromatic rings. The second-order valence-electron chi connectivity index (χ2n) is 1.24. The number of nitrogens with one attached hydrogen (secondary N) is 1. The third kappa shape index (κ3) is 17.7. The van der Waals surface area contributed by atoms with E-state index >= 15 is 0 Å². The van der Waals surface area contributed by atoms with Crippen LogP contribution in [0.4, 0.5) is 0 Å². The maximum Gasteiger partial charge on any atom is 0.330 e. The minimum absolute atomic E-state index is 0.359. The van der Waals surface area contributed by atoms with Crippen LogP contribution in [0.1, 0.15) is 6.92 Å². The molecule has 1 amide bonds. The van der Waals surface area contributed by atoms with Crippen molar-refractivity contribution >= 4 is 12.4 Å². The standard InChI is InChI=1S/C5H8O2.CH4N2O/c1-3-5(6)7-4-2;2-3-1-4/h3H,1,4H2,2H3;1H,2H2,(H,3,4). The highest BCUT2D eigenvalue weighted by Gasteiger charge is 1.86. The van der Waals surface area contributed by atoms with Crippen LogP contribution in [-0.4, -0.2) is 19.0 Å². The molecule has 0 rings (SSSR count). The molecule has 0 bridgehead atoms. The summed E-state index contributed by atoms with van der Waals surface area (Å²) in [6.45, 7) is 5.38. The summed E-state index contributed by atoms with van der Waals surface area (Å²) in [4.78, 5) is 19.0. The summed E-state index contributed by atoms with van der Waals surface area (Å²) in [5.74, 6) is 4.05. The molecule has 0 aliphatic rings. The first-order valence-electron chi connectivity index (χ1n) is 2.91. The maximum atomic E-state index is 10.1. The van der Waals surface area contributed by atoms with Crippen molar-refractivity contribution in [1.29, 1.82) is 0 Å². The predicted molar refractivity (Wildman–Crippen MR) is 40.2 cm³/mol. The van der Waals surface area contributed by atoms with Gasteiger partial charge >= 0.3 is 5.97 Å². The van der Waals surface area contributed by atoms with E-state index in [1.165, 1.54) is 0 Å². The van der Waals surface area contributed by atoms with E-state index < -0.39 is 0 Å². The van der Waals surface area contributed by atoms with Crippen molar-refractivity contribution in [1.82, 2.24) is 5.43 Å². The molecule has 0 heterocycles. The van der Waals surface area contributed by atoms with Crippen LogP contribution in [0, 0.1) is 0 Å². The fraction of sp³-hybridized carbons (Fsp3) is 0.333. The highest BCUT2D eigenvalue weighted by atomic mass is 16.5. The van der Waals surface area contributed by atoms with E-state index in [-0.39, 0.29) is 5.97 Å². The number of amides is 1. The molecule has 0 radical (unpaired) electrons. The van der Waals surface area contributed by atoms with E-state index in [0.29, 0.717) is 13.0 Å². The van der Waals surface area contributed by atoms with Crippen LogP contribution < -0.4 is 11.3 Å². The van der Waals surface area contributed by atoms with Crippen LogP contribution in [0.2, 0.25) is 0 Å². The van der Waals surface area contributed by atoms with Crippen LogP contribution in [0.15, 0.2) is 12.7 Å². The molecule has 0 saturated carbocycles. The normalized spacial score (nSPS) is 6.73. The molecule has 0 unspecified atom stereocenters. The van der Waals surface area contributed by atoms with E-state index in [1.54, 1.807) is 12.3 Å². The van der Waals surface area contributed by atoms with Crippen LogP contribution in [-0.2, 0) is 14.3 Å². The number of esters is 1. The second kappa shape index (κ2) is 11.4. The first-order valence-corrected chi connectivity index (χ1v) is 2.91. The Morgan fingerprint density at radius 1 is 1.82 bits per heavy atom. The van der Waals surface area contributed by atoms with Gasteiger partial charge in [-0.25, -0.2) is 10.6 Å². The van der Waals surface area contributed by atoms with E-state index in [9.17, 15) is 4.79 Å². The Morgan fingerprint density at radius 3 is 2.36 bits per heavy atom. The molecule has 0 saturated heterocycles. The van der Waals surface area contributed by atoms with Crippen LogP contribution >= 0.6 is 0 Å². The Kier molecular flexibility index (Phi) is 12.8. The van der Waals surface area contributed by atoms with Crippen LogP contribution in [0.5, 0.6) is 0 Å². The molecule has 0 spiro atoms. The topological polar surface area (TPSA) is 81.4 Å². The van der Waals surface area contributed by atoms with Crippen molar-refractivity contribution in [3.63, 3.8) is 0 Å². The summed E-state index contributed by atoms with van der Waals surface area (Å²) < 4.78 is 4.43. The van der Waals surface area contributed by atoms with E-state index in [2.05, 4.69) is 17.2 Å². The van der Waals surface area contributed by atoms with Gasteiger partial charge in [-0.2, -0.15) is 0 Å². The van der Waals surface area contributed by atoms with Crippen molar-refractivity contribution in [3.8, 4) is 0 Å². The third-order valence-electron chi connectivity index (χ3n) is 0.521. The van der Waals surface area contributed by atoms with Gasteiger partial charge in [0.2, 0.25) is 6.41 Å². The number of carbonyl (C=O) groups is 2. The fourth-order valence-electron chi connectivity index (χ4n) is 0.201. The van der Waals surface area contributed by atoms with Crippen LogP contribution in [0.25, 0.3) is 0 Å². The number of carbonyl (C=O) groups excluding carboxylic acids is 2. The van der Waals surface area contributed by atoms with E-state index in [0.717, 1.165) is 6.08 Å². The molecule has 5 heteroatoms. The smallest absolute Gasteiger partial charge is 0.330 e. The SMILES string of the molecule is C=CC(=O)OCC.NNC=O. The molecule has 5 nitrogen and oxygen atoms in total. The maximum absolute atomic E-state index is 10.1. The van der Waals surface area contributed by atoms with Gasteiger partial charge in [0.15, 0.2) is 0 Å². The van der Waals surface area contributed by atoms with Crippen LogP contribution in [0.3, 0.4) is 0 Å². The fourth-order valence-corrected chi connectivity index (χ4v) is 0.201. The Morgan fingerprint density at radius 2 is 2.27 bits per heavy atom.